The van der Waals surface area contributed by atoms with Crippen LogP contribution in [-0.4, -0.2) is 22.5 Å². The average molecular weight is 261 g/mol. The highest BCUT2D eigenvalue weighted by Gasteiger charge is 2.26. The summed E-state index contributed by atoms with van der Waals surface area (Å²) >= 11 is 0. The van der Waals surface area contributed by atoms with Crippen LogP contribution in [0, 0.1) is 5.41 Å². The van der Waals surface area contributed by atoms with E-state index in [-0.39, 0.29) is 0 Å². The summed E-state index contributed by atoms with van der Waals surface area (Å²) in [6.45, 7) is 6.75. The first-order chi connectivity index (χ1) is 8.99. The highest BCUT2D eigenvalue weighted by Crippen LogP contribution is 2.25. The molecule has 0 saturated carbocycles. The van der Waals surface area contributed by atoms with Crippen molar-refractivity contribution in [1.82, 2.24) is 4.90 Å². The highest BCUT2D eigenvalue weighted by molar-refractivity contribution is 5.73. The predicted molar refractivity (Wildman–Crippen MR) is 75.8 cm³/mol. The quantitative estimate of drug-likeness (QED) is 0.799. The van der Waals surface area contributed by atoms with Crippen LogP contribution < -0.4 is 0 Å². The van der Waals surface area contributed by atoms with Crippen LogP contribution in [0.3, 0.4) is 0 Å². The molecule has 0 amide bonds. The third kappa shape index (κ3) is 3.57. The molecule has 0 bridgehead atoms. The lowest BCUT2D eigenvalue weighted by molar-refractivity contribution is -0.147. The minimum atomic E-state index is -0.693. The van der Waals surface area contributed by atoms with E-state index in [1.54, 1.807) is 13.8 Å². The standard InChI is InChI=1S/C16H23NO2/c1-16(2,15(18)19)9-5-6-10-17-11-13-7-3-4-8-14(13)12-17/h3-4,7-8H,5-6,9-12H2,1-2H3,(H,18,19). The first-order valence-corrected chi connectivity index (χ1v) is 7.01. The van der Waals surface area contributed by atoms with E-state index in [1.165, 1.54) is 11.1 Å². The van der Waals surface area contributed by atoms with Crippen molar-refractivity contribution in [3.8, 4) is 0 Å². The molecule has 0 aliphatic carbocycles. The van der Waals surface area contributed by atoms with Gasteiger partial charge in [-0.3, -0.25) is 9.69 Å². The van der Waals surface area contributed by atoms with Gasteiger partial charge < -0.3 is 5.11 Å². The van der Waals surface area contributed by atoms with Gasteiger partial charge >= 0.3 is 5.97 Å². The molecule has 1 aliphatic heterocycles. The van der Waals surface area contributed by atoms with Gasteiger partial charge in [0.2, 0.25) is 0 Å². The summed E-state index contributed by atoms with van der Waals surface area (Å²) in [5.74, 6) is -0.693. The maximum absolute atomic E-state index is 11.0. The molecule has 0 atom stereocenters. The number of carboxylic acid groups (broad SMARTS) is 1. The van der Waals surface area contributed by atoms with Crippen LogP contribution in [0.1, 0.15) is 44.2 Å². The Balaban J connectivity index is 1.70. The van der Waals surface area contributed by atoms with Crippen molar-refractivity contribution in [3.05, 3.63) is 35.4 Å². The van der Waals surface area contributed by atoms with Gasteiger partial charge in [0.25, 0.3) is 0 Å². The summed E-state index contributed by atoms with van der Waals surface area (Å²) < 4.78 is 0. The first kappa shape index (κ1) is 14.1. The van der Waals surface area contributed by atoms with Gasteiger partial charge in [-0.25, -0.2) is 0 Å². The molecule has 1 aromatic carbocycles. The molecule has 0 radical (unpaired) electrons. The zero-order chi connectivity index (χ0) is 13.9. The van der Waals surface area contributed by atoms with Gasteiger partial charge in [-0.15, -0.1) is 0 Å². The summed E-state index contributed by atoms with van der Waals surface area (Å²) in [4.78, 5) is 13.5. The molecule has 3 heteroatoms. The Morgan fingerprint density at radius 2 is 1.79 bits per heavy atom. The van der Waals surface area contributed by atoms with Gasteiger partial charge in [-0.1, -0.05) is 30.7 Å². The van der Waals surface area contributed by atoms with E-state index >= 15 is 0 Å². The smallest absolute Gasteiger partial charge is 0.309 e. The van der Waals surface area contributed by atoms with Crippen molar-refractivity contribution >= 4 is 5.97 Å². The maximum Gasteiger partial charge on any atom is 0.309 e. The number of aliphatic carboxylic acids is 1. The molecular weight excluding hydrogens is 238 g/mol. The highest BCUT2D eigenvalue weighted by atomic mass is 16.4. The van der Waals surface area contributed by atoms with E-state index in [0.29, 0.717) is 0 Å². The number of benzene rings is 1. The predicted octanol–water partition coefficient (Wildman–Crippen LogP) is 3.28. The lowest BCUT2D eigenvalue weighted by atomic mass is 9.87. The zero-order valence-corrected chi connectivity index (χ0v) is 11.9. The van der Waals surface area contributed by atoms with Crippen LogP contribution in [0.5, 0.6) is 0 Å². The molecule has 19 heavy (non-hydrogen) atoms. The number of carboxylic acids is 1. The summed E-state index contributed by atoms with van der Waals surface area (Å²) in [7, 11) is 0. The Morgan fingerprint density at radius 3 is 2.32 bits per heavy atom. The van der Waals surface area contributed by atoms with E-state index in [2.05, 4.69) is 29.2 Å². The Bertz CT molecular complexity index is 429. The van der Waals surface area contributed by atoms with E-state index in [0.717, 1.165) is 38.9 Å². The molecule has 2 rings (SSSR count). The number of rotatable bonds is 6. The molecule has 0 unspecified atom stereocenters. The van der Waals surface area contributed by atoms with Crippen molar-refractivity contribution in [3.63, 3.8) is 0 Å². The van der Waals surface area contributed by atoms with Gasteiger partial charge in [0, 0.05) is 13.1 Å². The van der Waals surface area contributed by atoms with E-state index in [1.807, 2.05) is 0 Å². The Morgan fingerprint density at radius 1 is 1.21 bits per heavy atom. The minimum Gasteiger partial charge on any atom is -0.481 e. The van der Waals surface area contributed by atoms with Gasteiger partial charge in [0.05, 0.1) is 5.41 Å². The number of unbranched alkanes of at least 4 members (excludes halogenated alkanes) is 1. The normalized spacial score (nSPS) is 15.5. The van der Waals surface area contributed by atoms with Gasteiger partial charge in [-0.05, 0) is 44.4 Å². The lowest BCUT2D eigenvalue weighted by Crippen LogP contribution is -2.24. The number of nitrogens with zero attached hydrogens (tertiary/aromatic N) is 1. The second-order valence-electron chi connectivity index (χ2n) is 6.13. The van der Waals surface area contributed by atoms with E-state index in [4.69, 9.17) is 5.11 Å². The molecular formula is C16H23NO2. The molecule has 3 nitrogen and oxygen atoms in total. The van der Waals surface area contributed by atoms with Crippen molar-refractivity contribution in [2.24, 2.45) is 5.41 Å². The molecule has 0 spiro atoms. The number of carbonyl (C=O) groups is 1. The van der Waals surface area contributed by atoms with Crippen LogP contribution in [0.25, 0.3) is 0 Å². The molecule has 1 aromatic rings. The van der Waals surface area contributed by atoms with Gasteiger partial charge in [0.15, 0.2) is 0 Å². The Labute approximate surface area is 115 Å². The van der Waals surface area contributed by atoms with Gasteiger partial charge in [-0.2, -0.15) is 0 Å². The van der Waals surface area contributed by atoms with Crippen LogP contribution in [0.2, 0.25) is 0 Å². The fourth-order valence-electron chi connectivity index (χ4n) is 2.57. The fourth-order valence-corrected chi connectivity index (χ4v) is 2.57. The van der Waals surface area contributed by atoms with E-state index in [9.17, 15) is 4.79 Å². The molecule has 0 saturated heterocycles. The third-order valence-electron chi connectivity index (χ3n) is 4.01. The SMILES string of the molecule is CC(C)(CCCCN1Cc2ccccc2C1)C(=O)O. The second-order valence-corrected chi connectivity index (χ2v) is 6.13. The van der Waals surface area contributed by atoms with Crippen molar-refractivity contribution in [2.75, 3.05) is 6.54 Å². The first-order valence-electron chi connectivity index (χ1n) is 7.01. The Kier molecular flexibility index (Phi) is 4.25. The second kappa shape index (κ2) is 5.74. The van der Waals surface area contributed by atoms with Crippen molar-refractivity contribution < 1.29 is 9.90 Å². The van der Waals surface area contributed by atoms with Crippen LogP contribution >= 0.6 is 0 Å². The topological polar surface area (TPSA) is 40.5 Å². The summed E-state index contributed by atoms with van der Waals surface area (Å²) in [6.07, 6.45) is 2.81. The summed E-state index contributed by atoms with van der Waals surface area (Å²) in [5.41, 5.74) is 2.29. The molecule has 0 fully saturated rings. The number of hydrogen-bond donors (Lipinski definition) is 1. The summed E-state index contributed by atoms with van der Waals surface area (Å²) in [6, 6.07) is 8.58. The van der Waals surface area contributed by atoms with Crippen LogP contribution in [-0.2, 0) is 17.9 Å². The molecule has 1 heterocycles. The van der Waals surface area contributed by atoms with Crippen LogP contribution in [0.4, 0.5) is 0 Å². The number of fused-ring (bicyclic) bond motifs is 1. The monoisotopic (exact) mass is 261 g/mol. The zero-order valence-electron chi connectivity index (χ0n) is 11.9. The van der Waals surface area contributed by atoms with Gasteiger partial charge in [0.1, 0.15) is 0 Å². The summed E-state index contributed by atoms with van der Waals surface area (Å²) in [5, 5.41) is 9.06. The molecule has 104 valence electrons. The minimum absolute atomic E-state index is 0.589. The van der Waals surface area contributed by atoms with Crippen LogP contribution in [0.15, 0.2) is 24.3 Å². The Hall–Kier alpha value is -1.35. The van der Waals surface area contributed by atoms with Crippen molar-refractivity contribution in [2.45, 2.75) is 46.2 Å². The average Bonchev–Trinajstić information content (AvgIpc) is 2.77. The number of hydrogen-bond acceptors (Lipinski definition) is 2. The lowest BCUT2D eigenvalue weighted by Gasteiger charge is -2.20. The maximum atomic E-state index is 11.0. The largest absolute Gasteiger partial charge is 0.481 e. The molecule has 1 N–H and O–H groups in total. The van der Waals surface area contributed by atoms with E-state index < -0.39 is 11.4 Å². The third-order valence-corrected chi connectivity index (χ3v) is 4.01. The van der Waals surface area contributed by atoms with Crippen molar-refractivity contribution in [1.29, 1.82) is 0 Å². The molecule has 0 aromatic heterocycles. The molecule has 1 aliphatic rings. The fraction of sp³-hybridized carbons (Fsp3) is 0.562.